The normalized spacial score (nSPS) is 12.2. The Morgan fingerprint density at radius 3 is 2.24 bits per heavy atom. The third-order valence-electron chi connectivity index (χ3n) is 5.11. The number of halogens is 2. The zero-order valence-corrected chi connectivity index (χ0v) is 20.7. The molecular weight excluding hydrogens is 483 g/mol. The number of ether oxygens (including phenoxy) is 1. The summed E-state index contributed by atoms with van der Waals surface area (Å²) in [7, 11) is -2.03. The highest BCUT2D eigenvalue weighted by Gasteiger charge is 2.22. The largest absolute Gasteiger partial charge is 0.497 e. The Bertz CT molecular complexity index is 1230. The predicted molar refractivity (Wildman–Crippen MR) is 133 cm³/mol. The Hall–Kier alpha value is -2.74. The number of rotatable bonds is 8. The van der Waals surface area contributed by atoms with Crippen LogP contribution in [0.25, 0.3) is 0 Å². The summed E-state index contributed by atoms with van der Waals surface area (Å²) >= 11 is 12.3. The molecule has 0 bridgehead atoms. The van der Waals surface area contributed by atoms with E-state index in [4.69, 9.17) is 27.9 Å². The van der Waals surface area contributed by atoms with E-state index in [2.05, 4.69) is 5.32 Å². The number of anilines is 1. The molecule has 0 saturated carbocycles. The molecule has 1 amide bonds. The molecular formula is C24H24Cl2N2O4S. The van der Waals surface area contributed by atoms with Crippen LogP contribution in [0.15, 0.2) is 66.7 Å². The second kappa shape index (κ2) is 10.5. The van der Waals surface area contributed by atoms with E-state index in [0.29, 0.717) is 16.8 Å². The maximum absolute atomic E-state index is 12.7. The van der Waals surface area contributed by atoms with Crippen molar-refractivity contribution in [2.45, 2.75) is 19.5 Å². The second-order valence-electron chi connectivity index (χ2n) is 7.51. The number of hydrogen-bond acceptors (Lipinski definition) is 4. The van der Waals surface area contributed by atoms with Gasteiger partial charge in [-0.3, -0.25) is 9.10 Å². The summed E-state index contributed by atoms with van der Waals surface area (Å²) in [5.41, 5.74) is 2.40. The maximum Gasteiger partial charge on any atom is 0.251 e. The maximum atomic E-state index is 12.7. The first-order valence-corrected chi connectivity index (χ1v) is 12.7. The van der Waals surface area contributed by atoms with Crippen LogP contribution in [0.2, 0.25) is 10.0 Å². The Balaban J connectivity index is 1.74. The molecule has 3 rings (SSSR count). The van der Waals surface area contributed by atoms with E-state index in [-0.39, 0.29) is 28.5 Å². The van der Waals surface area contributed by atoms with Gasteiger partial charge in [0.05, 0.1) is 41.7 Å². The number of nitrogens with zero attached hydrogens (tertiary/aromatic N) is 1. The zero-order valence-electron chi connectivity index (χ0n) is 18.4. The molecule has 33 heavy (non-hydrogen) atoms. The fourth-order valence-electron chi connectivity index (χ4n) is 3.25. The molecule has 174 valence electrons. The van der Waals surface area contributed by atoms with Crippen molar-refractivity contribution in [2.24, 2.45) is 0 Å². The summed E-state index contributed by atoms with van der Waals surface area (Å²) in [5, 5.41) is 3.38. The lowest BCUT2D eigenvalue weighted by Gasteiger charge is -2.24. The van der Waals surface area contributed by atoms with Crippen LogP contribution < -0.4 is 14.4 Å². The number of sulfonamides is 1. The quantitative estimate of drug-likeness (QED) is 0.440. The summed E-state index contributed by atoms with van der Waals surface area (Å²) in [5.74, 6) is 0.512. The van der Waals surface area contributed by atoms with E-state index in [0.717, 1.165) is 17.6 Å². The third-order valence-corrected chi connectivity index (χ3v) is 7.04. The minimum Gasteiger partial charge on any atom is -0.497 e. The Labute approximate surface area is 204 Å². The monoisotopic (exact) mass is 506 g/mol. The average Bonchev–Trinajstić information content (AvgIpc) is 2.79. The number of hydrogen-bond donors (Lipinski definition) is 1. The number of carbonyl (C=O) groups excluding carboxylic acids is 1. The Kier molecular flexibility index (Phi) is 7.89. The molecule has 0 fully saturated rings. The van der Waals surface area contributed by atoms with Gasteiger partial charge in [0, 0.05) is 5.56 Å². The highest BCUT2D eigenvalue weighted by atomic mass is 35.5. The van der Waals surface area contributed by atoms with Crippen molar-refractivity contribution in [3.05, 3.63) is 93.5 Å². The predicted octanol–water partition coefficient (Wildman–Crippen LogP) is 5.46. The summed E-state index contributed by atoms with van der Waals surface area (Å²) in [4.78, 5) is 12.7. The van der Waals surface area contributed by atoms with E-state index >= 15 is 0 Å². The Morgan fingerprint density at radius 2 is 1.67 bits per heavy atom. The molecule has 0 saturated heterocycles. The van der Waals surface area contributed by atoms with Crippen molar-refractivity contribution in [3.63, 3.8) is 0 Å². The van der Waals surface area contributed by atoms with Gasteiger partial charge in [-0.25, -0.2) is 8.42 Å². The SMILES string of the molecule is COc1ccc([C@H](C)NC(=O)c2ccc(CN(c3cccc(Cl)c3Cl)S(C)(=O)=O)cc2)cc1. The van der Waals surface area contributed by atoms with E-state index < -0.39 is 10.0 Å². The Morgan fingerprint density at radius 1 is 1.03 bits per heavy atom. The van der Waals surface area contributed by atoms with Crippen LogP contribution in [0.1, 0.15) is 34.5 Å². The van der Waals surface area contributed by atoms with Gasteiger partial charge >= 0.3 is 0 Å². The van der Waals surface area contributed by atoms with Crippen LogP contribution >= 0.6 is 23.2 Å². The lowest BCUT2D eigenvalue weighted by Crippen LogP contribution is -2.29. The molecule has 6 nitrogen and oxygen atoms in total. The van der Waals surface area contributed by atoms with Crippen molar-refractivity contribution < 1.29 is 17.9 Å². The summed E-state index contributed by atoms with van der Waals surface area (Å²) in [6, 6.07) is 18.8. The van der Waals surface area contributed by atoms with Gasteiger partial charge in [0.25, 0.3) is 5.91 Å². The van der Waals surface area contributed by atoms with Crippen molar-refractivity contribution in [3.8, 4) is 5.75 Å². The van der Waals surface area contributed by atoms with Gasteiger partial charge in [-0.2, -0.15) is 0 Å². The fraction of sp³-hybridized carbons (Fsp3) is 0.208. The first kappa shape index (κ1) is 24.9. The molecule has 3 aromatic carbocycles. The molecule has 0 unspecified atom stereocenters. The molecule has 1 N–H and O–H groups in total. The minimum atomic E-state index is -3.63. The van der Waals surface area contributed by atoms with Crippen molar-refractivity contribution in [2.75, 3.05) is 17.7 Å². The van der Waals surface area contributed by atoms with Crippen LogP contribution in [0.3, 0.4) is 0 Å². The first-order chi connectivity index (χ1) is 15.6. The molecule has 0 aliphatic heterocycles. The lowest BCUT2D eigenvalue weighted by atomic mass is 10.1. The van der Waals surface area contributed by atoms with Crippen LogP contribution in [0.5, 0.6) is 5.75 Å². The van der Waals surface area contributed by atoms with Gasteiger partial charge < -0.3 is 10.1 Å². The van der Waals surface area contributed by atoms with E-state index in [1.54, 1.807) is 49.6 Å². The number of nitrogens with one attached hydrogen (secondary N) is 1. The number of methoxy groups -OCH3 is 1. The number of benzene rings is 3. The van der Waals surface area contributed by atoms with Crippen LogP contribution in [0, 0.1) is 0 Å². The van der Waals surface area contributed by atoms with Crippen LogP contribution in [-0.4, -0.2) is 27.7 Å². The van der Waals surface area contributed by atoms with Gasteiger partial charge in [-0.15, -0.1) is 0 Å². The smallest absolute Gasteiger partial charge is 0.251 e. The molecule has 0 radical (unpaired) electrons. The highest BCUT2D eigenvalue weighted by Crippen LogP contribution is 2.34. The first-order valence-electron chi connectivity index (χ1n) is 10.1. The second-order valence-corrected chi connectivity index (χ2v) is 10.2. The average molecular weight is 507 g/mol. The third kappa shape index (κ3) is 6.19. The zero-order chi connectivity index (χ0) is 24.2. The van der Waals surface area contributed by atoms with Crippen LogP contribution in [-0.2, 0) is 16.6 Å². The number of carbonyl (C=O) groups is 1. The molecule has 0 spiro atoms. The summed E-state index contributed by atoms with van der Waals surface area (Å²) < 4.78 is 31.2. The van der Waals surface area contributed by atoms with Gasteiger partial charge in [0.15, 0.2) is 0 Å². The van der Waals surface area contributed by atoms with E-state index in [1.807, 2.05) is 31.2 Å². The summed E-state index contributed by atoms with van der Waals surface area (Å²) in [6.07, 6.45) is 1.10. The van der Waals surface area contributed by atoms with Crippen LogP contribution in [0.4, 0.5) is 5.69 Å². The van der Waals surface area contributed by atoms with Crippen molar-refractivity contribution >= 4 is 44.8 Å². The van der Waals surface area contributed by atoms with Gasteiger partial charge in [-0.1, -0.05) is 53.5 Å². The number of amides is 1. The van der Waals surface area contributed by atoms with Gasteiger partial charge in [-0.05, 0) is 54.4 Å². The molecule has 9 heteroatoms. The molecule has 0 aliphatic carbocycles. The van der Waals surface area contributed by atoms with Crippen molar-refractivity contribution in [1.29, 1.82) is 0 Å². The van der Waals surface area contributed by atoms with E-state index in [1.165, 1.54) is 4.31 Å². The fourth-order valence-corrected chi connectivity index (χ4v) is 4.59. The molecule has 3 aromatic rings. The molecule has 1 atom stereocenters. The van der Waals surface area contributed by atoms with Gasteiger partial charge in [0.1, 0.15) is 5.75 Å². The van der Waals surface area contributed by atoms with Gasteiger partial charge in [0.2, 0.25) is 10.0 Å². The standard InChI is InChI=1S/C24H24Cl2N2O4S/c1-16(18-11-13-20(32-2)14-12-18)27-24(29)19-9-7-17(8-10-19)15-28(33(3,30)31)22-6-4-5-21(25)23(22)26/h4-14,16H,15H2,1-3H3,(H,27,29)/t16-/m0/s1. The molecule has 0 aliphatic rings. The minimum absolute atomic E-state index is 0.0447. The van der Waals surface area contributed by atoms with E-state index in [9.17, 15) is 13.2 Å². The molecule has 0 heterocycles. The molecule has 0 aromatic heterocycles. The lowest BCUT2D eigenvalue weighted by molar-refractivity contribution is 0.0940. The highest BCUT2D eigenvalue weighted by molar-refractivity contribution is 7.92. The van der Waals surface area contributed by atoms with Crippen molar-refractivity contribution in [1.82, 2.24) is 5.32 Å². The summed E-state index contributed by atoms with van der Waals surface area (Å²) in [6.45, 7) is 1.94. The topological polar surface area (TPSA) is 75.7 Å².